The number of hydrogen-bond acceptors (Lipinski definition) is 5. The molecule has 6 heteroatoms. The highest BCUT2D eigenvalue weighted by Gasteiger charge is 2.21. The van der Waals surface area contributed by atoms with E-state index in [1.165, 1.54) is 0 Å². The second-order valence-electron chi connectivity index (χ2n) is 5.34. The van der Waals surface area contributed by atoms with Crippen LogP contribution in [-0.4, -0.2) is 22.7 Å². The van der Waals surface area contributed by atoms with Gasteiger partial charge in [0, 0.05) is 11.1 Å². The van der Waals surface area contributed by atoms with Crippen molar-refractivity contribution in [2.24, 2.45) is 0 Å². The molecule has 1 N–H and O–H groups in total. The number of carbonyl (C=O) groups excluding carboxylic acids is 1. The van der Waals surface area contributed by atoms with Crippen LogP contribution in [0.25, 0.3) is 0 Å². The fourth-order valence-corrected chi connectivity index (χ4v) is 1.42. The van der Waals surface area contributed by atoms with E-state index in [0.717, 1.165) is 0 Å². The molecule has 106 valence electrons. The van der Waals surface area contributed by atoms with Crippen molar-refractivity contribution in [3.63, 3.8) is 0 Å². The third kappa shape index (κ3) is 3.81. The summed E-state index contributed by atoms with van der Waals surface area (Å²) >= 11 is 0. The summed E-state index contributed by atoms with van der Waals surface area (Å²) in [5.74, 6) is 0.252. The van der Waals surface area contributed by atoms with E-state index in [1.807, 2.05) is 39.0 Å². The number of benzene rings is 1. The first-order chi connectivity index (χ1) is 9.45. The van der Waals surface area contributed by atoms with E-state index < -0.39 is 0 Å². The standard InChI is InChI=1S/C14H17N3O3/c1-14(2,3)12-16-13(20-17-12)19-9-11(18)15-10-7-5-4-6-8-10/h4-8H,9H2,1-3H3,(H,15,18). The fourth-order valence-electron chi connectivity index (χ4n) is 1.42. The number of nitrogens with one attached hydrogen (secondary N) is 1. The number of carbonyl (C=O) groups is 1. The minimum absolute atomic E-state index is 0.00173. The van der Waals surface area contributed by atoms with Gasteiger partial charge in [-0.25, -0.2) is 0 Å². The van der Waals surface area contributed by atoms with Gasteiger partial charge in [0.15, 0.2) is 12.4 Å². The van der Waals surface area contributed by atoms with Crippen LogP contribution < -0.4 is 10.1 Å². The number of ether oxygens (including phenoxy) is 1. The molecule has 2 aromatic rings. The Balaban J connectivity index is 1.86. The van der Waals surface area contributed by atoms with Gasteiger partial charge in [0.2, 0.25) is 0 Å². The average molecular weight is 275 g/mol. The molecular formula is C14H17N3O3. The van der Waals surface area contributed by atoms with E-state index in [2.05, 4.69) is 15.5 Å². The van der Waals surface area contributed by atoms with Gasteiger partial charge in [0.25, 0.3) is 5.91 Å². The Bertz CT molecular complexity index is 573. The van der Waals surface area contributed by atoms with Crippen LogP contribution in [0.2, 0.25) is 0 Å². The third-order valence-electron chi connectivity index (χ3n) is 2.46. The SMILES string of the molecule is CC(C)(C)c1noc(OCC(=O)Nc2ccccc2)n1. The van der Waals surface area contributed by atoms with E-state index >= 15 is 0 Å². The number of nitrogens with zero attached hydrogens (tertiary/aromatic N) is 2. The lowest BCUT2D eigenvalue weighted by atomic mass is 9.96. The molecule has 0 aliphatic heterocycles. The molecule has 0 aliphatic carbocycles. The molecule has 2 rings (SSSR count). The first kappa shape index (κ1) is 14.0. The van der Waals surface area contributed by atoms with Crippen LogP contribution in [0.4, 0.5) is 5.69 Å². The lowest BCUT2D eigenvalue weighted by molar-refractivity contribution is -0.118. The van der Waals surface area contributed by atoms with Crippen molar-refractivity contribution < 1.29 is 14.1 Å². The summed E-state index contributed by atoms with van der Waals surface area (Å²) in [6.07, 6.45) is -0.00173. The second-order valence-corrected chi connectivity index (χ2v) is 5.34. The Kier molecular flexibility index (Phi) is 4.02. The zero-order chi connectivity index (χ0) is 14.6. The first-order valence-electron chi connectivity index (χ1n) is 6.27. The van der Waals surface area contributed by atoms with E-state index in [-0.39, 0.29) is 24.0 Å². The Labute approximate surface area is 117 Å². The number of anilines is 1. The van der Waals surface area contributed by atoms with Crippen molar-refractivity contribution in [2.75, 3.05) is 11.9 Å². The Morgan fingerprint density at radius 1 is 1.30 bits per heavy atom. The molecule has 0 atom stereocenters. The normalized spacial score (nSPS) is 11.2. The van der Waals surface area contributed by atoms with Crippen LogP contribution in [0.5, 0.6) is 6.08 Å². The quantitative estimate of drug-likeness (QED) is 0.927. The summed E-state index contributed by atoms with van der Waals surface area (Å²) < 4.78 is 10.1. The van der Waals surface area contributed by atoms with E-state index in [1.54, 1.807) is 12.1 Å². The fraction of sp³-hybridized carbons (Fsp3) is 0.357. The van der Waals surface area contributed by atoms with Crippen LogP contribution in [0.3, 0.4) is 0 Å². The second kappa shape index (κ2) is 5.73. The van der Waals surface area contributed by atoms with Gasteiger partial charge in [0.1, 0.15) is 0 Å². The Morgan fingerprint density at radius 3 is 2.60 bits per heavy atom. The summed E-state index contributed by atoms with van der Waals surface area (Å²) in [6, 6.07) is 9.14. The van der Waals surface area contributed by atoms with Crippen LogP contribution in [0, 0.1) is 0 Å². The molecule has 0 radical (unpaired) electrons. The summed E-state index contributed by atoms with van der Waals surface area (Å²) in [6.45, 7) is 5.71. The minimum atomic E-state index is -0.285. The molecule has 0 saturated carbocycles. The largest absolute Gasteiger partial charge is 0.439 e. The van der Waals surface area contributed by atoms with Crippen LogP contribution in [0.1, 0.15) is 26.6 Å². The van der Waals surface area contributed by atoms with Gasteiger partial charge >= 0.3 is 6.08 Å². The molecule has 6 nitrogen and oxygen atoms in total. The third-order valence-corrected chi connectivity index (χ3v) is 2.46. The highest BCUT2D eigenvalue weighted by atomic mass is 16.6. The molecule has 0 bridgehead atoms. The summed E-state index contributed by atoms with van der Waals surface area (Å²) in [4.78, 5) is 15.7. The van der Waals surface area contributed by atoms with Crippen molar-refractivity contribution in [1.82, 2.24) is 10.1 Å². The predicted octanol–water partition coefficient (Wildman–Crippen LogP) is 2.38. The maximum atomic E-state index is 11.7. The van der Waals surface area contributed by atoms with Crippen molar-refractivity contribution >= 4 is 11.6 Å². The van der Waals surface area contributed by atoms with Gasteiger partial charge < -0.3 is 10.1 Å². The minimum Gasteiger partial charge on any atom is -0.439 e. The van der Waals surface area contributed by atoms with Gasteiger partial charge in [-0.05, 0) is 12.1 Å². The van der Waals surface area contributed by atoms with Crippen molar-refractivity contribution in [3.8, 4) is 6.08 Å². The maximum Gasteiger partial charge on any atom is 0.417 e. The number of rotatable bonds is 4. The van der Waals surface area contributed by atoms with E-state index in [0.29, 0.717) is 11.5 Å². The number of hydrogen-bond donors (Lipinski definition) is 1. The molecule has 0 spiro atoms. The molecule has 0 saturated heterocycles. The van der Waals surface area contributed by atoms with Crippen LogP contribution in [-0.2, 0) is 10.2 Å². The zero-order valence-corrected chi connectivity index (χ0v) is 11.7. The predicted molar refractivity (Wildman–Crippen MR) is 73.6 cm³/mol. The van der Waals surface area contributed by atoms with E-state index in [9.17, 15) is 4.79 Å². The average Bonchev–Trinajstić information content (AvgIpc) is 2.86. The molecule has 20 heavy (non-hydrogen) atoms. The molecule has 1 aromatic heterocycles. The zero-order valence-electron chi connectivity index (χ0n) is 11.7. The molecule has 1 aromatic carbocycles. The Morgan fingerprint density at radius 2 is 2.00 bits per heavy atom. The summed E-state index contributed by atoms with van der Waals surface area (Å²) in [5.41, 5.74) is 0.485. The number of aromatic nitrogens is 2. The smallest absolute Gasteiger partial charge is 0.417 e. The molecule has 0 fully saturated rings. The van der Waals surface area contributed by atoms with Gasteiger partial charge in [0.05, 0.1) is 0 Å². The number of para-hydroxylation sites is 1. The maximum absolute atomic E-state index is 11.7. The summed E-state index contributed by atoms with van der Waals surface area (Å²) in [5, 5.41) is 6.50. The topological polar surface area (TPSA) is 77.2 Å². The van der Waals surface area contributed by atoms with E-state index in [4.69, 9.17) is 9.26 Å². The molecule has 0 aliphatic rings. The Hall–Kier alpha value is -2.37. The lowest BCUT2D eigenvalue weighted by Gasteiger charge is -2.10. The van der Waals surface area contributed by atoms with Gasteiger partial charge in [-0.1, -0.05) is 44.1 Å². The number of amides is 1. The monoisotopic (exact) mass is 275 g/mol. The molecular weight excluding hydrogens is 258 g/mol. The van der Waals surface area contributed by atoms with Gasteiger partial charge in [-0.2, -0.15) is 4.98 Å². The van der Waals surface area contributed by atoms with Gasteiger partial charge in [-0.3, -0.25) is 9.32 Å². The van der Waals surface area contributed by atoms with Crippen molar-refractivity contribution in [1.29, 1.82) is 0 Å². The lowest BCUT2D eigenvalue weighted by Crippen LogP contribution is -2.20. The highest BCUT2D eigenvalue weighted by Crippen LogP contribution is 2.20. The van der Waals surface area contributed by atoms with Crippen molar-refractivity contribution in [3.05, 3.63) is 36.2 Å². The van der Waals surface area contributed by atoms with Crippen LogP contribution >= 0.6 is 0 Å². The molecule has 1 amide bonds. The summed E-state index contributed by atoms with van der Waals surface area (Å²) in [7, 11) is 0. The molecule has 1 heterocycles. The van der Waals surface area contributed by atoms with Crippen LogP contribution in [0.15, 0.2) is 34.9 Å². The first-order valence-corrected chi connectivity index (χ1v) is 6.27. The molecule has 0 unspecified atom stereocenters. The highest BCUT2D eigenvalue weighted by molar-refractivity contribution is 5.91. The van der Waals surface area contributed by atoms with Crippen molar-refractivity contribution in [2.45, 2.75) is 26.2 Å². The van der Waals surface area contributed by atoms with Gasteiger partial charge in [-0.15, -0.1) is 0 Å².